The van der Waals surface area contributed by atoms with Crippen LogP contribution in [0.3, 0.4) is 0 Å². The summed E-state index contributed by atoms with van der Waals surface area (Å²) in [5.41, 5.74) is 1.15. The van der Waals surface area contributed by atoms with Gasteiger partial charge in [-0.05, 0) is 45.5 Å². The van der Waals surface area contributed by atoms with Gasteiger partial charge in [-0.15, -0.1) is 0 Å². The summed E-state index contributed by atoms with van der Waals surface area (Å²) in [6.45, 7) is 7.54. The number of hydrogen-bond donors (Lipinski definition) is 2. The van der Waals surface area contributed by atoms with Gasteiger partial charge in [-0.3, -0.25) is 0 Å². The molecule has 0 aliphatic rings. The van der Waals surface area contributed by atoms with E-state index in [1.807, 2.05) is 19.9 Å². The number of methoxy groups -OCH3 is 1. The molecule has 102 valence electrons. The van der Waals surface area contributed by atoms with E-state index < -0.39 is 0 Å². The van der Waals surface area contributed by atoms with Crippen molar-refractivity contribution < 1.29 is 9.15 Å². The highest BCUT2D eigenvalue weighted by Crippen LogP contribution is 2.20. The van der Waals surface area contributed by atoms with Crippen molar-refractivity contribution in [1.29, 1.82) is 0 Å². The summed E-state index contributed by atoms with van der Waals surface area (Å²) in [4.78, 5) is 0. The smallest absolute Gasteiger partial charge is 0.166 e. The van der Waals surface area contributed by atoms with E-state index in [9.17, 15) is 0 Å². The molecule has 1 unspecified atom stereocenters. The standard InChI is InChI=1S/C13H22N2O2S/c1-9-8-12(11(3)17-9)10(2)15-13(18)14-6-5-7-16-4/h8,10H,5-7H2,1-4H3,(H2,14,15,18). The fourth-order valence-electron chi connectivity index (χ4n) is 1.82. The second kappa shape index (κ2) is 7.38. The van der Waals surface area contributed by atoms with Crippen LogP contribution in [0, 0.1) is 13.8 Å². The van der Waals surface area contributed by atoms with Crippen LogP contribution in [0.15, 0.2) is 10.5 Å². The van der Waals surface area contributed by atoms with Crippen LogP contribution in [0.5, 0.6) is 0 Å². The third kappa shape index (κ3) is 4.66. The molecule has 4 nitrogen and oxygen atoms in total. The Labute approximate surface area is 114 Å². The van der Waals surface area contributed by atoms with Gasteiger partial charge in [0.05, 0.1) is 6.04 Å². The predicted molar refractivity (Wildman–Crippen MR) is 76.8 cm³/mol. The van der Waals surface area contributed by atoms with Crippen molar-refractivity contribution in [3.8, 4) is 0 Å². The molecule has 18 heavy (non-hydrogen) atoms. The molecule has 1 atom stereocenters. The van der Waals surface area contributed by atoms with E-state index in [-0.39, 0.29) is 6.04 Å². The largest absolute Gasteiger partial charge is 0.466 e. The zero-order chi connectivity index (χ0) is 13.5. The molecular weight excluding hydrogens is 248 g/mol. The van der Waals surface area contributed by atoms with Crippen molar-refractivity contribution in [1.82, 2.24) is 10.6 Å². The normalized spacial score (nSPS) is 12.2. The van der Waals surface area contributed by atoms with Crippen molar-refractivity contribution in [2.75, 3.05) is 20.3 Å². The van der Waals surface area contributed by atoms with Gasteiger partial charge >= 0.3 is 0 Å². The Balaban J connectivity index is 2.37. The molecule has 1 heterocycles. The zero-order valence-electron chi connectivity index (χ0n) is 11.5. The van der Waals surface area contributed by atoms with Crippen molar-refractivity contribution in [3.05, 3.63) is 23.2 Å². The average Bonchev–Trinajstić information content (AvgIpc) is 2.64. The van der Waals surface area contributed by atoms with E-state index in [0.29, 0.717) is 5.11 Å². The minimum Gasteiger partial charge on any atom is -0.466 e. The van der Waals surface area contributed by atoms with Crippen LogP contribution in [-0.4, -0.2) is 25.4 Å². The molecule has 5 heteroatoms. The highest BCUT2D eigenvalue weighted by Gasteiger charge is 2.13. The summed E-state index contributed by atoms with van der Waals surface area (Å²) >= 11 is 5.24. The van der Waals surface area contributed by atoms with Gasteiger partial charge in [0.2, 0.25) is 0 Å². The Morgan fingerprint density at radius 3 is 2.78 bits per heavy atom. The number of nitrogens with one attached hydrogen (secondary N) is 2. The summed E-state index contributed by atoms with van der Waals surface area (Å²) < 4.78 is 10.5. The lowest BCUT2D eigenvalue weighted by Gasteiger charge is -2.16. The Bertz CT molecular complexity index is 390. The number of thiocarbonyl (C=S) groups is 1. The number of ether oxygens (including phenoxy) is 1. The van der Waals surface area contributed by atoms with Gasteiger partial charge in [0.1, 0.15) is 11.5 Å². The summed E-state index contributed by atoms with van der Waals surface area (Å²) in [7, 11) is 1.70. The number of aryl methyl sites for hydroxylation is 2. The molecule has 0 aliphatic carbocycles. The number of rotatable bonds is 6. The van der Waals surface area contributed by atoms with Gasteiger partial charge in [-0.2, -0.15) is 0 Å². The average molecular weight is 270 g/mol. The maximum absolute atomic E-state index is 5.51. The van der Waals surface area contributed by atoms with Crippen molar-refractivity contribution in [2.24, 2.45) is 0 Å². The molecule has 0 aromatic carbocycles. The maximum atomic E-state index is 5.51. The van der Waals surface area contributed by atoms with Crippen LogP contribution in [0.25, 0.3) is 0 Å². The summed E-state index contributed by atoms with van der Waals surface area (Å²) in [6.07, 6.45) is 0.941. The highest BCUT2D eigenvalue weighted by molar-refractivity contribution is 7.80. The molecule has 0 radical (unpaired) electrons. The minimum atomic E-state index is 0.143. The van der Waals surface area contributed by atoms with Crippen LogP contribution in [0.2, 0.25) is 0 Å². The predicted octanol–water partition coefficient (Wildman–Crippen LogP) is 2.46. The SMILES string of the molecule is COCCCNC(=S)NC(C)c1cc(C)oc1C. The molecule has 0 saturated carbocycles. The molecule has 2 N–H and O–H groups in total. The Morgan fingerprint density at radius 1 is 1.50 bits per heavy atom. The second-order valence-corrected chi connectivity index (χ2v) is 4.75. The summed E-state index contributed by atoms with van der Waals surface area (Å²) in [5.74, 6) is 1.87. The minimum absolute atomic E-state index is 0.143. The molecule has 0 fully saturated rings. The third-order valence-electron chi connectivity index (χ3n) is 2.70. The van der Waals surface area contributed by atoms with Crippen LogP contribution >= 0.6 is 12.2 Å². The Morgan fingerprint density at radius 2 is 2.22 bits per heavy atom. The Kier molecular flexibility index (Phi) is 6.15. The fourth-order valence-corrected chi connectivity index (χ4v) is 2.10. The second-order valence-electron chi connectivity index (χ2n) is 4.34. The Hall–Kier alpha value is -1.07. The van der Waals surface area contributed by atoms with Crippen LogP contribution in [-0.2, 0) is 4.74 Å². The van der Waals surface area contributed by atoms with Gasteiger partial charge in [0.15, 0.2) is 5.11 Å². The topological polar surface area (TPSA) is 46.4 Å². The molecule has 0 spiro atoms. The van der Waals surface area contributed by atoms with Crippen LogP contribution < -0.4 is 10.6 Å². The van der Waals surface area contributed by atoms with Gasteiger partial charge in [0, 0.05) is 25.8 Å². The third-order valence-corrected chi connectivity index (χ3v) is 2.97. The lowest BCUT2D eigenvalue weighted by atomic mass is 10.1. The van der Waals surface area contributed by atoms with E-state index in [1.54, 1.807) is 7.11 Å². The summed E-state index contributed by atoms with van der Waals surface area (Å²) in [5, 5.41) is 7.06. The van der Waals surface area contributed by atoms with Gasteiger partial charge in [-0.25, -0.2) is 0 Å². The molecule has 0 bridgehead atoms. The molecule has 1 aromatic heterocycles. The van der Waals surface area contributed by atoms with Crippen LogP contribution in [0.1, 0.15) is 36.5 Å². The fraction of sp³-hybridized carbons (Fsp3) is 0.615. The van der Waals surface area contributed by atoms with Gasteiger partial charge in [0.25, 0.3) is 0 Å². The van der Waals surface area contributed by atoms with Crippen molar-refractivity contribution >= 4 is 17.3 Å². The highest BCUT2D eigenvalue weighted by atomic mass is 32.1. The van der Waals surface area contributed by atoms with E-state index in [0.717, 1.165) is 36.7 Å². The zero-order valence-corrected chi connectivity index (χ0v) is 12.3. The quantitative estimate of drug-likeness (QED) is 0.614. The molecule has 0 aliphatic heterocycles. The first-order chi connectivity index (χ1) is 8.54. The molecule has 1 rings (SSSR count). The molecular formula is C13H22N2O2S. The first kappa shape index (κ1) is 15.0. The number of hydrogen-bond acceptors (Lipinski definition) is 3. The lowest BCUT2D eigenvalue weighted by molar-refractivity contribution is 0.195. The lowest BCUT2D eigenvalue weighted by Crippen LogP contribution is -2.37. The first-order valence-electron chi connectivity index (χ1n) is 6.14. The number of furan rings is 1. The monoisotopic (exact) mass is 270 g/mol. The van der Waals surface area contributed by atoms with Gasteiger partial charge < -0.3 is 19.8 Å². The van der Waals surface area contributed by atoms with E-state index >= 15 is 0 Å². The van der Waals surface area contributed by atoms with Crippen LogP contribution in [0.4, 0.5) is 0 Å². The first-order valence-corrected chi connectivity index (χ1v) is 6.55. The molecule has 0 amide bonds. The van der Waals surface area contributed by atoms with E-state index in [1.165, 1.54) is 0 Å². The van der Waals surface area contributed by atoms with E-state index in [4.69, 9.17) is 21.4 Å². The van der Waals surface area contributed by atoms with Gasteiger partial charge in [-0.1, -0.05) is 0 Å². The molecule has 0 saturated heterocycles. The van der Waals surface area contributed by atoms with E-state index in [2.05, 4.69) is 17.6 Å². The maximum Gasteiger partial charge on any atom is 0.166 e. The summed E-state index contributed by atoms with van der Waals surface area (Å²) in [6, 6.07) is 2.19. The molecule has 1 aromatic rings. The van der Waals surface area contributed by atoms with Crippen molar-refractivity contribution in [2.45, 2.75) is 33.2 Å². The van der Waals surface area contributed by atoms with Crippen molar-refractivity contribution in [3.63, 3.8) is 0 Å².